The first kappa shape index (κ1) is 20.6. The van der Waals surface area contributed by atoms with Crippen molar-refractivity contribution in [3.05, 3.63) is 70.6 Å². The number of aryl methyl sites for hydroxylation is 1. The van der Waals surface area contributed by atoms with Gasteiger partial charge in [-0.05, 0) is 62.7 Å². The summed E-state index contributed by atoms with van der Waals surface area (Å²) in [6.45, 7) is 5.14. The summed E-state index contributed by atoms with van der Waals surface area (Å²) in [5, 5.41) is 7.57. The van der Waals surface area contributed by atoms with E-state index in [0.717, 1.165) is 38.0 Å². The Morgan fingerprint density at radius 1 is 1.20 bits per heavy atom. The fraction of sp³-hybridized carbons (Fsp3) is 0.348. The number of benzene rings is 2. The second-order valence-corrected chi connectivity index (χ2v) is 8.21. The molecule has 1 N–H and O–H groups in total. The van der Waals surface area contributed by atoms with E-state index in [1.165, 1.54) is 11.1 Å². The molecule has 1 saturated heterocycles. The minimum absolute atomic E-state index is 0.0254. The van der Waals surface area contributed by atoms with Crippen LogP contribution in [0, 0.1) is 12.8 Å². The summed E-state index contributed by atoms with van der Waals surface area (Å²) in [6, 6.07) is 15.8. The first-order chi connectivity index (χ1) is 14.6. The Morgan fingerprint density at radius 2 is 1.97 bits per heavy atom. The maximum atomic E-state index is 12.6. The highest BCUT2D eigenvalue weighted by Gasteiger charge is 2.25. The molecule has 2 heterocycles. The number of nitrogens with zero attached hydrogens (tertiary/aromatic N) is 3. The van der Waals surface area contributed by atoms with E-state index in [9.17, 15) is 4.79 Å². The van der Waals surface area contributed by atoms with E-state index in [2.05, 4.69) is 51.5 Å². The van der Waals surface area contributed by atoms with E-state index in [-0.39, 0.29) is 18.4 Å². The van der Waals surface area contributed by atoms with Gasteiger partial charge in [0.05, 0.1) is 6.54 Å². The number of nitrogens with one attached hydrogen (secondary N) is 1. The summed E-state index contributed by atoms with van der Waals surface area (Å²) < 4.78 is 5.26. The van der Waals surface area contributed by atoms with Crippen LogP contribution in [0.5, 0.6) is 0 Å². The Bertz CT molecular complexity index is 994. The van der Waals surface area contributed by atoms with Gasteiger partial charge in [-0.3, -0.25) is 9.69 Å². The molecule has 1 aliphatic heterocycles. The number of aromatic nitrogens is 2. The Hall–Kier alpha value is -2.70. The topological polar surface area (TPSA) is 71.3 Å². The van der Waals surface area contributed by atoms with Gasteiger partial charge in [0.1, 0.15) is 0 Å². The fourth-order valence-electron chi connectivity index (χ4n) is 3.77. The molecular weight excluding hydrogens is 400 g/mol. The van der Waals surface area contributed by atoms with Crippen LogP contribution in [-0.4, -0.2) is 34.0 Å². The van der Waals surface area contributed by atoms with Crippen molar-refractivity contribution >= 4 is 17.5 Å². The maximum Gasteiger partial charge on any atom is 0.246 e. The molecule has 1 amide bonds. The first-order valence-corrected chi connectivity index (χ1v) is 10.6. The second kappa shape index (κ2) is 9.41. The minimum Gasteiger partial charge on any atom is -0.347 e. The van der Waals surface area contributed by atoms with Crippen molar-refractivity contribution < 1.29 is 9.32 Å². The molecule has 1 aromatic heterocycles. The number of hydrogen-bond donors (Lipinski definition) is 1. The van der Waals surface area contributed by atoms with Gasteiger partial charge in [0.15, 0.2) is 0 Å². The number of amides is 1. The normalized spacial score (nSPS) is 15.3. The van der Waals surface area contributed by atoms with E-state index >= 15 is 0 Å². The van der Waals surface area contributed by atoms with Gasteiger partial charge in [-0.2, -0.15) is 4.98 Å². The van der Waals surface area contributed by atoms with E-state index in [0.29, 0.717) is 16.7 Å². The molecule has 7 heteroatoms. The third kappa shape index (κ3) is 5.26. The van der Waals surface area contributed by atoms with Crippen LogP contribution in [0.2, 0.25) is 5.02 Å². The Morgan fingerprint density at radius 3 is 2.70 bits per heavy atom. The zero-order chi connectivity index (χ0) is 20.9. The average molecular weight is 425 g/mol. The van der Waals surface area contributed by atoms with Crippen LogP contribution in [0.4, 0.5) is 0 Å². The highest BCUT2D eigenvalue weighted by atomic mass is 35.5. The van der Waals surface area contributed by atoms with E-state index in [4.69, 9.17) is 16.1 Å². The van der Waals surface area contributed by atoms with Crippen LogP contribution in [0.25, 0.3) is 11.4 Å². The molecule has 6 nitrogen and oxygen atoms in total. The Kier molecular flexibility index (Phi) is 6.45. The summed E-state index contributed by atoms with van der Waals surface area (Å²) in [5.74, 6) is 0.958. The molecule has 3 aromatic rings. The summed E-state index contributed by atoms with van der Waals surface area (Å²) in [6.07, 6.45) is 1.72. The molecule has 0 unspecified atom stereocenters. The number of carbonyl (C=O) groups excluding carboxylic acids is 1. The number of rotatable bonds is 6. The molecule has 0 spiro atoms. The highest BCUT2D eigenvalue weighted by Crippen LogP contribution is 2.21. The first-order valence-electron chi connectivity index (χ1n) is 10.2. The van der Waals surface area contributed by atoms with Crippen LogP contribution < -0.4 is 5.32 Å². The average Bonchev–Trinajstić information content (AvgIpc) is 3.22. The Balaban J connectivity index is 1.24. The molecular formula is C23H25ClN4O2. The molecule has 4 rings (SSSR count). The molecule has 0 bridgehead atoms. The largest absolute Gasteiger partial charge is 0.347 e. The van der Waals surface area contributed by atoms with Crippen molar-refractivity contribution in [3.63, 3.8) is 0 Å². The SMILES string of the molecule is Cc1cccc(CN2CCC(C(=O)NCc3nc(-c4ccc(Cl)cc4)no3)CC2)c1. The quantitative estimate of drug-likeness (QED) is 0.641. The van der Waals surface area contributed by atoms with E-state index < -0.39 is 0 Å². The predicted octanol–water partition coefficient (Wildman–Crippen LogP) is 4.23. The van der Waals surface area contributed by atoms with Crippen molar-refractivity contribution in [2.75, 3.05) is 13.1 Å². The van der Waals surface area contributed by atoms with Gasteiger partial charge < -0.3 is 9.84 Å². The van der Waals surface area contributed by atoms with Crippen molar-refractivity contribution in [3.8, 4) is 11.4 Å². The standard InChI is InChI=1S/C23H25ClN4O2/c1-16-3-2-4-17(13-16)15-28-11-9-19(10-12-28)23(29)25-14-21-26-22(27-30-21)18-5-7-20(24)8-6-18/h2-8,13,19H,9-12,14-15H2,1H3,(H,25,29). The molecule has 0 atom stereocenters. The Labute approximate surface area is 181 Å². The lowest BCUT2D eigenvalue weighted by atomic mass is 9.95. The second-order valence-electron chi connectivity index (χ2n) is 7.78. The smallest absolute Gasteiger partial charge is 0.246 e. The zero-order valence-corrected chi connectivity index (χ0v) is 17.7. The van der Waals surface area contributed by atoms with Gasteiger partial charge in [-0.25, -0.2) is 0 Å². The zero-order valence-electron chi connectivity index (χ0n) is 17.0. The summed E-state index contributed by atoms with van der Waals surface area (Å²) in [5.41, 5.74) is 3.43. The van der Waals surface area contributed by atoms with Crippen molar-refractivity contribution in [2.45, 2.75) is 32.9 Å². The summed E-state index contributed by atoms with van der Waals surface area (Å²) >= 11 is 5.90. The van der Waals surface area contributed by atoms with Gasteiger partial charge in [0.25, 0.3) is 0 Å². The molecule has 0 aliphatic carbocycles. The van der Waals surface area contributed by atoms with Crippen molar-refractivity contribution in [1.82, 2.24) is 20.4 Å². The van der Waals surface area contributed by atoms with E-state index in [1.807, 2.05) is 12.1 Å². The number of piperidine rings is 1. The summed E-state index contributed by atoms with van der Waals surface area (Å²) in [4.78, 5) is 19.3. The molecule has 30 heavy (non-hydrogen) atoms. The van der Waals surface area contributed by atoms with Gasteiger partial charge >= 0.3 is 0 Å². The number of hydrogen-bond acceptors (Lipinski definition) is 5. The molecule has 0 saturated carbocycles. The monoisotopic (exact) mass is 424 g/mol. The lowest BCUT2D eigenvalue weighted by Gasteiger charge is -2.31. The lowest BCUT2D eigenvalue weighted by molar-refractivity contribution is -0.126. The van der Waals surface area contributed by atoms with Crippen LogP contribution in [0.15, 0.2) is 53.1 Å². The van der Waals surface area contributed by atoms with E-state index in [1.54, 1.807) is 12.1 Å². The third-order valence-electron chi connectivity index (χ3n) is 5.43. The molecule has 156 valence electrons. The highest BCUT2D eigenvalue weighted by molar-refractivity contribution is 6.30. The molecule has 2 aromatic carbocycles. The van der Waals surface area contributed by atoms with Crippen LogP contribution in [0.3, 0.4) is 0 Å². The van der Waals surface area contributed by atoms with Gasteiger partial charge in [0.2, 0.25) is 17.6 Å². The van der Waals surface area contributed by atoms with Crippen LogP contribution in [0.1, 0.15) is 29.9 Å². The van der Waals surface area contributed by atoms with Crippen LogP contribution in [-0.2, 0) is 17.9 Å². The third-order valence-corrected chi connectivity index (χ3v) is 5.68. The number of likely N-dealkylation sites (tertiary alicyclic amines) is 1. The predicted molar refractivity (Wildman–Crippen MR) is 116 cm³/mol. The lowest BCUT2D eigenvalue weighted by Crippen LogP contribution is -2.40. The fourth-order valence-corrected chi connectivity index (χ4v) is 3.90. The summed E-state index contributed by atoms with van der Waals surface area (Å²) in [7, 11) is 0. The van der Waals surface area contributed by atoms with Crippen LogP contribution >= 0.6 is 11.6 Å². The number of carbonyl (C=O) groups is 1. The van der Waals surface area contributed by atoms with Gasteiger partial charge in [-0.1, -0.05) is 46.6 Å². The number of halogens is 1. The molecule has 1 fully saturated rings. The van der Waals surface area contributed by atoms with Gasteiger partial charge in [-0.15, -0.1) is 0 Å². The van der Waals surface area contributed by atoms with Crippen molar-refractivity contribution in [2.24, 2.45) is 5.92 Å². The molecule has 0 radical (unpaired) electrons. The molecule has 1 aliphatic rings. The minimum atomic E-state index is 0.0254. The maximum absolute atomic E-state index is 12.6. The van der Waals surface area contributed by atoms with Crippen molar-refractivity contribution in [1.29, 1.82) is 0 Å². The van der Waals surface area contributed by atoms with Gasteiger partial charge in [0, 0.05) is 23.0 Å².